The van der Waals surface area contributed by atoms with Crippen LogP contribution in [0.5, 0.6) is 0 Å². The van der Waals surface area contributed by atoms with Crippen molar-refractivity contribution < 1.29 is 0 Å². The molecule has 0 saturated heterocycles. The summed E-state index contributed by atoms with van der Waals surface area (Å²) in [5, 5.41) is 2.12. The summed E-state index contributed by atoms with van der Waals surface area (Å²) in [6, 6.07) is 6.69. The molecule has 0 radical (unpaired) electrons. The second-order valence-corrected chi connectivity index (χ2v) is 5.21. The lowest BCUT2D eigenvalue weighted by molar-refractivity contribution is 1.11. The molecule has 2 N–H and O–H groups in total. The molecule has 0 aliphatic rings. The Morgan fingerprint density at radius 3 is 2.38 bits per heavy atom. The Morgan fingerprint density at radius 1 is 1.00 bits per heavy atom. The summed E-state index contributed by atoms with van der Waals surface area (Å²) >= 11 is 1.74. The van der Waals surface area contributed by atoms with Crippen molar-refractivity contribution in [3.05, 3.63) is 45.1 Å². The van der Waals surface area contributed by atoms with E-state index in [0.717, 1.165) is 0 Å². The van der Waals surface area contributed by atoms with Gasteiger partial charge in [-0.05, 0) is 60.0 Å². The van der Waals surface area contributed by atoms with E-state index in [1.807, 2.05) is 0 Å². The lowest BCUT2D eigenvalue weighted by Crippen LogP contribution is -1.96. The fraction of sp³-hybridized carbons (Fsp3) is 0.286. The lowest BCUT2D eigenvalue weighted by atomic mass is 9.96. The topological polar surface area (TPSA) is 26.0 Å². The first kappa shape index (κ1) is 11.4. The molecule has 0 aliphatic heterocycles. The summed E-state index contributed by atoms with van der Waals surface area (Å²) in [5.41, 5.74) is 12.4. The molecule has 0 bridgehead atoms. The van der Waals surface area contributed by atoms with Crippen LogP contribution >= 0.6 is 11.3 Å². The lowest BCUT2D eigenvalue weighted by Gasteiger charge is -2.10. The van der Waals surface area contributed by atoms with Crippen molar-refractivity contribution in [3.63, 3.8) is 0 Å². The van der Waals surface area contributed by atoms with Crippen LogP contribution in [0, 0.1) is 20.8 Å². The van der Waals surface area contributed by atoms with Crippen LogP contribution in [0.3, 0.4) is 0 Å². The van der Waals surface area contributed by atoms with Gasteiger partial charge in [0.15, 0.2) is 0 Å². The summed E-state index contributed by atoms with van der Waals surface area (Å²) in [6.07, 6.45) is 0. The van der Waals surface area contributed by atoms with Crippen LogP contribution in [0.25, 0.3) is 11.1 Å². The Bertz CT molecular complexity index is 511. The van der Waals surface area contributed by atoms with E-state index in [0.29, 0.717) is 6.54 Å². The number of rotatable bonds is 2. The molecule has 0 spiro atoms. The average molecular weight is 231 g/mol. The molecular weight excluding hydrogens is 214 g/mol. The Kier molecular flexibility index (Phi) is 3.13. The first-order chi connectivity index (χ1) is 7.63. The Balaban J connectivity index is 2.60. The molecule has 0 unspecified atom stereocenters. The smallest absolute Gasteiger partial charge is 0.0280 e. The van der Waals surface area contributed by atoms with Crippen molar-refractivity contribution in [2.75, 3.05) is 0 Å². The van der Waals surface area contributed by atoms with Gasteiger partial charge >= 0.3 is 0 Å². The maximum atomic E-state index is 5.76. The molecule has 1 aromatic carbocycles. The van der Waals surface area contributed by atoms with Crippen molar-refractivity contribution in [1.82, 2.24) is 0 Å². The van der Waals surface area contributed by atoms with Gasteiger partial charge in [-0.2, -0.15) is 0 Å². The molecule has 2 heteroatoms. The Hall–Kier alpha value is -1.12. The van der Waals surface area contributed by atoms with Crippen LogP contribution in [0.1, 0.15) is 21.6 Å². The van der Waals surface area contributed by atoms with E-state index < -0.39 is 0 Å². The molecule has 1 aromatic heterocycles. The SMILES string of the molecule is Cc1cc(C)c(-c2ccsc2CN)cc1C. The van der Waals surface area contributed by atoms with Gasteiger partial charge in [0.25, 0.3) is 0 Å². The number of aryl methyl sites for hydroxylation is 3. The molecule has 0 saturated carbocycles. The van der Waals surface area contributed by atoms with E-state index in [9.17, 15) is 0 Å². The molecule has 16 heavy (non-hydrogen) atoms. The summed E-state index contributed by atoms with van der Waals surface area (Å²) < 4.78 is 0. The molecule has 1 heterocycles. The van der Waals surface area contributed by atoms with Gasteiger partial charge in [0.05, 0.1) is 0 Å². The molecule has 0 amide bonds. The maximum Gasteiger partial charge on any atom is 0.0280 e. The van der Waals surface area contributed by atoms with Gasteiger partial charge in [-0.1, -0.05) is 12.1 Å². The predicted molar refractivity (Wildman–Crippen MR) is 71.9 cm³/mol. The molecule has 0 aliphatic carbocycles. The average Bonchev–Trinajstić information content (AvgIpc) is 2.71. The van der Waals surface area contributed by atoms with Crippen LogP contribution in [0.2, 0.25) is 0 Å². The highest BCUT2D eigenvalue weighted by atomic mass is 32.1. The Morgan fingerprint density at radius 2 is 1.69 bits per heavy atom. The third-order valence-corrected chi connectivity index (χ3v) is 4.00. The number of benzene rings is 1. The van der Waals surface area contributed by atoms with Crippen molar-refractivity contribution >= 4 is 11.3 Å². The fourth-order valence-corrected chi connectivity index (χ4v) is 2.76. The molecular formula is C14H17NS. The number of hydrogen-bond acceptors (Lipinski definition) is 2. The van der Waals surface area contributed by atoms with Gasteiger partial charge in [0.2, 0.25) is 0 Å². The minimum Gasteiger partial charge on any atom is -0.326 e. The third kappa shape index (κ3) is 1.91. The van der Waals surface area contributed by atoms with Gasteiger partial charge in [0.1, 0.15) is 0 Å². The molecule has 0 atom stereocenters. The van der Waals surface area contributed by atoms with E-state index in [2.05, 4.69) is 44.4 Å². The summed E-state index contributed by atoms with van der Waals surface area (Å²) in [6.45, 7) is 7.11. The maximum absolute atomic E-state index is 5.76. The minimum atomic E-state index is 0.624. The summed E-state index contributed by atoms with van der Waals surface area (Å²) in [4.78, 5) is 1.27. The number of hydrogen-bond donors (Lipinski definition) is 1. The zero-order chi connectivity index (χ0) is 11.7. The van der Waals surface area contributed by atoms with Crippen LogP contribution < -0.4 is 5.73 Å². The third-order valence-electron chi connectivity index (χ3n) is 3.06. The first-order valence-electron chi connectivity index (χ1n) is 5.48. The molecule has 2 rings (SSSR count). The molecule has 1 nitrogen and oxygen atoms in total. The van der Waals surface area contributed by atoms with Crippen LogP contribution in [0.4, 0.5) is 0 Å². The van der Waals surface area contributed by atoms with E-state index in [-0.39, 0.29) is 0 Å². The van der Waals surface area contributed by atoms with Gasteiger partial charge in [-0.25, -0.2) is 0 Å². The van der Waals surface area contributed by atoms with Crippen molar-refractivity contribution in [2.24, 2.45) is 5.73 Å². The minimum absolute atomic E-state index is 0.624. The number of thiophene rings is 1. The normalized spacial score (nSPS) is 10.8. The summed E-state index contributed by atoms with van der Waals surface area (Å²) in [5.74, 6) is 0. The van der Waals surface area contributed by atoms with Crippen LogP contribution in [0.15, 0.2) is 23.6 Å². The van der Waals surface area contributed by atoms with E-state index in [1.165, 1.54) is 32.7 Å². The molecule has 0 fully saturated rings. The first-order valence-corrected chi connectivity index (χ1v) is 6.36. The largest absolute Gasteiger partial charge is 0.326 e. The zero-order valence-corrected chi connectivity index (χ0v) is 10.8. The highest BCUT2D eigenvalue weighted by Crippen LogP contribution is 2.32. The second-order valence-electron chi connectivity index (χ2n) is 4.21. The quantitative estimate of drug-likeness (QED) is 0.836. The fourth-order valence-electron chi connectivity index (χ4n) is 1.99. The standard InChI is InChI=1S/C14H17NS/c1-9-6-11(3)13(7-10(9)2)12-4-5-16-14(12)8-15/h4-7H,8,15H2,1-3H3. The van der Waals surface area contributed by atoms with Crippen LogP contribution in [-0.4, -0.2) is 0 Å². The molecule has 2 aromatic rings. The molecule has 84 valence electrons. The number of nitrogens with two attached hydrogens (primary N) is 1. The van der Waals surface area contributed by atoms with Crippen molar-refractivity contribution in [1.29, 1.82) is 0 Å². The highest BCUT2D eigenvalue weighted by Gasteiger charge is 2.09. The van der Waals surface area contributed by atoms with Gasteiger partial charge in [-0.3, -0.25) is 0 Å². The van der Waals surface area contributed by atoms with E-state index >= 15 is 0 Å². The zero-order valence-electron chi connectivity index (χ0n) is 10.0. The second kappa shape index (κ2) is 4.40. The predicted octanol–water partition coefficient (Wildman–Crippen LogP) is 3.80. The highest BCUT2D eigenvalue weighted by molar-refractivity contribution is 7.10. The monoisotopic (exact) mass is 231 g/mol. The van der Waals surface area contributed by atoms with Gasteiger partial charge < -0.3 is 5.73 Å². The van der Waals surface area contributed by atoms with Crippen molar-refractivity contribution in [3.8, 4) is 11.1 Å². The van der Waals surface area contributed by atoms with Crippen LogP contribution in [-0.2, 0) is 6.54 Å². The summed E-state index contributed by atoms with van der Waals surface area (Å²) in [7, 11) is 0. The van der Waals surface area contributed by atoms with E-state index in [1.54, 1.807) is 11.3 Å². The van der Waals surface area contributed by atoms with Gasteiger partial charge in [-0.15, -0.1) is 11.3 Å². The van der Waals surface area contributed by atoms with Gasteiger partial charge in [0, 0.05) is 11.4 Å². The Labute approximate surface area is 101 Å². The van der Waals surface area contributed by atoms with E-state index in [4.69, 9.17) is 5.73 Å². The van der Waals surface area contributed by atoms with Crippen molar-refractivity contribution in [2.45, 2.75) is 27.3 Å².